The molecular formula is C10H11NO4. The molecule has 5 heteroatoms. The Balaban J connectivity index is 2.07. The number of pyridine rings is 1. The number of hydrogen-bond donors (Lipinski definition) is 1. The summed E-state index contributed by atoms with van der Waals surface area (Å²) in [7, 11) is 0. The number of hydrogen-bond acceptors (Lipinski definition) is 4. The van der Waals surface area contributed by atoms with Crippen molar-refractivity contribution in [1.82, 2.24) is 4.98 Å². The molecule has 1 aromatic rings. The van der Waals surface area contributed by atoms with Crippen LogP contribution in [0.25, 0.3) is 0 Å². The third kappa shape index (κ3) is 2.44. The Morgan fingerprint density at radius 1 is 1.67 bits per heavy atom. The van der Waals surface area contributed by atoms with Crippen LogP contribution in [0.15, 0.2) is 18.3 Å². The Hall–Kier alpha value is -1.62. The molecule has 0 bridgehead atoms. The van der Waals surface area contributed by atoms with Crippen LogP contribution in [0.4, 0.5) is 0 Å². The summed E-state index contributed by atoms with van der Waals surface area (Å²) in [6, 6.07) is 2.85. The van der Waals surface area contributed by atoms with Crippen LogP contribution in [0, 0.1) is 0 Å². The molecule has 80 valence electrons. The molecule has 2 heterocycles. The summed E-state index contributed by atoms with van der Waals surface area (Å²) in [5.74, 6) is -0.643. The molecule has 2 rings (SSSR count). The van der Waals surface area contributed by atoms with Crippen molar-refractivity contribution in [2.24, 2.45) is 0 Å². The second kappa shape index (κ2) is 4.27. The SMILES string of the molecule is O=C(O)c1ccnc(O[C@@H]2CCOC2)c1. The van der Waals surface area contributed by atoms with E-state index in [4.69, 9.17) is 14.6 Å². The Bertz CT molecular complexity index is 360. The second-order valence-corrected chi connectivity index (χ2v) is 3.29. The van der Waals surface area contributed by atoms with E-state index in [1.54, 1.807) is 0 Å². The maximum Gasteiger partial charge on any atom is 0.335 e. The number of aromatic carboxylic acids is 1. The Labute approximate surface area is 86.7 Å². The quantitative estimate of drug-likeness (QED) is 0.802. The molecule has 5 nitrogen and oxygen atoms in total. The summed E-state index contributed by atoms with van der Waals surface area (Å²) in [4.78, 5) is 14.6. The second-order valence-electron chi connectivity index (χ2n) is 3.29. The fourth-order valence-electron chi connectivity index (χ4n) is 1.38. The van der Waals surface area contributed by atoms with E-state index in [0.29, 0.717) is 19.1 Å². The monoisotopic (exact) mass is 209 g/mol. The number of carboxylic acid groups (broad SMARTS) is 1. The summed E-state index contributed by atoms with van der Waals surface area (Å²) < 4.78 is 10.6. The summed E-state index contributed by atoms with van der Waals surface area (Å²) in [6.45, 7) is 1.22. The first-order valence-corrected chi connectivity index (χ1v) is 4.69. The van der Waals surface area contributed by atoms with Gasteiger partial charge in [0.25, 0.3) is 0 Å². The van der Waals surface area contributed by atoms with Crippen LogP contribution in [0.2, 0.25) is 0 Å². The predicted octanol–water partition coefficient (Wildman–Crippen LogP) is 0.948. The zero-order valence-electron chi connectivity index (χ0n) is 8.05. The van der Waals surface area contributed by atoms with E-state index in [1.807, 2.05) is 0 Å². The van der Waals surface area contributed by atoms with Crippen LogP contribution in [0.5, 0.6) is 5.88 Å². The zero-order valence-corrected chi connectivity index (χ0v) is 8.05. The first kappa shape index (κ1) is 9.92. The van der Waals surface area contributed by atoms with Crippen molar-refractivity contribution >= 4 is 5.97 Å². The van der Waals surface area contributed by atoms with Crippen molar-refractivity contribution in [2.45, 2.75) is 12.5 Å². The summed E-state index contributed by atoms with van der Waals surface area (Å²) >= 11 is 0. The van der Waals surface area contributed by atoms with Gasteiger partial charge in [0.2, 0.25) is 5.88 Å². The van der Waals surface area contributed by atoms with Gasteiger partial charge in [-0.05, 0) is 6.07 Å². The molecule has 1 N–H and O–H groups in total. The van der Waals surface area contributed by atoms with Crippen LogP contribution >= 0.6 is 0 Å². The van der Waals surface area contributed by atoms with Gasteiger partial charge in [0, 0.05) is 18.7 Å². The van der Waals surface area contributed by atoms with E-state index < -0.39 is 5.97 Å². The summed E-state index contributed by atoms with van der Waals surface area (Å²) in [6.07, 6.45) is 2.23. The van der Waals surface area contributed by atoms with Crippen LogP contribution in [-0.4, -0.2) is 35.4 Å². The highest BCUT2D eigenvalue weighted by Crippen LogP contribution is 2.15. The topological polar surface area (TPSA) is 68.7 Å². The molecule has 0 saturated carbocycles. The van der Waals surface area contributed by atoms with Crippen LogP contribution in [0.3, 0.4) is 0 Å². The molecular weight excluding hydrogens is 198 g/mol. The van der Waals surface area contributed by atoms with E-state index in [-0.39, 0.29) is 11.7 Å². The van der Waals surface area contributed by atoms with E-state index >= 15 is 0 Å². The third-order valence-corrected chi connectivity index (χ3v) is 2.16. The lowest BCUT2D eigenvalue weighted by molar-refractivity contribution is 0.0695. The number of nitrogens with zero attached hydrogens (tertiary/aromatic N) is 1. The van der Waals surface area contributed by atoms with E-state index in [1.165, 1.54) is 18.3 Å². The van der Waals surface area contributed by atoms with Gasteiger partial charge in [0.15, 0.2) is 0 Å². The summed E-state index contributed by atoms with van der Waals surface area (Å²) in [5, 5.41) is 8.76. The van der Waals surface area contributed by atoms with Gasteiger partial charge in [0.1, 0.15) is 6.10 Å². The Morgan fingerprint density at radius 2 is 2.53 bits per heavy atom. The first-order valence-electron chi connectivity index (χ1n) is 4.69. The van der Waals surface area contributed by atoms with Crippen molar-refractivity contribution in [1.29, 1.82) is 0 Å². The number of carboxylic acids is 1. The lowest BCUT2D eigenvalue weighted by atomic mass is 10.2. The van der Waals surface area contributed by atoms with Gasteiger partial charge in [-0.1, -0.05) is 0 Å². The molecule has 15 heavy (non-hydrogen) atoms. The minimum absolute atomic E-state index is 0.0125. The molecule has 1 atom stereocenters. The molecule has 0 unspecified atom stereocenters. The smallest absolute Gasteiger partial charge is 0.335 e. The lowest BCUT2D eigenvalue weighted by Gasteiger charge is -2.10. The predicted molar refractivity (Wildman–Crippen MR) is 51.0 cm³/mol. The van der Waals surface area contributed by atoms with Gasteiger partial charge in [-0.25, -0.2) is 9.78 Å². The fourth-order valence-corrected chi connectivity index (χ4v) is 1.38. The normalized spacial score (nSPS) is 20.1. The fraction of sp³-hybridized carbons (Fsp3) is 0.400. The first-order chi connectivity index (χ1) is 7.25. The summed E-state index contributed by atoms with van der Waals surface area (Å²) in [5.41, 5.74) is 0.180. The maximum atomic E-state index is 10.7. The number of aromatic nitrogens is 1. The molecule has 0 aromatic carbocycles. The standard InChI is InChI=1S/C10H11NO4/c12-10(13)7-1-3-11-9(5-7)15-8-2-4-14-6-8/h1,3,5,8H,2,4,6H2,(H,12,13)/t8-/m1/s1. The minimum atomic E-state index is -0.982. The van der Waals surface area contributed by atoms with Crippen molar-refractivity contribution in [3.05, 3.63) is 23.9 Å². The van der Waals surface area contributed by atoms with E-state index in [2.05, 4.69) is 4.98 Å². The van der Waals surface area contributed by atoms with Gasteiger partial charge in [0.05, 0.1) is 18.8 Å². The van der Waals surface area contributed by atoms with Gasteiger partial charge in [-0.3, -0.25) is 0 Å². The van der Waals surface area contributed by atoms with E-state index in [0.717, 1.165) is 6.42 Å². The van der Waals surface area contributed by atoms with Crippen LogP contribution < -0.4 is 4.74 Å². The van der Waals surface area contributed by atoms with Gasteiger partial charge in [-0.15, -0.1) is 0 Å². The maximum absolute atomic E-state index is 10.7. The number of carbonyl (C=O) groups is 1. The number of ether oxygens (including phenoxy) is 2. The average molecular weight is 209 g/mol. The zero-order chi connectivity index (χ0) is 10.7. The molecule has 1 aliphatic heterocycles. The molecule has 0 aliphatic carbocycles. The largest absolute Gasteiger partial charge is 0.478 e. The molecule has 1 fully saturated rings. The molecule has 0 spiro atoms. The van der Waals surface area contributed by atoms with Crippen LogP contribution in [-0.2, 0) is 4.74 Å². The van der Waals surface area contributed by atoms with Crippen molar-refractivity contribution in [2.75, 3.05) is 13.2 Å². The Morgan fingerprint density at radius 3 is 3.20 bits per heavy atom. The van der Waals surface area contributed by atoms with Gasteiger partial charge >= 0.3 is 5.97 Å². The molecule has 1 saturated heterocycles. The highest BCUT2D eigenvalue weighted by atomic mass is 16.5. The van der Waals surface area contributed by atoms with Crippen molar-refractivity contribution < 1.29 is 19.4 Å². The molecule has 1 aliphatic rings. The van der Waals surface area contributed by atoms with Gasteiger partial charge in [-0.2, -0.15) is 0 Å². The highest BCUT2D eigenvalue weighted by molar-refractivity contribution is 5.87. The van der Waals surface area contributed by atoms with Crippen molar-refractivity contribution in [3.8, 4) is 5.88 Å². The molecule has 0 radical (unpaired) electrons. The molecule has 0 amide bonds. The van der Waals surface area contributed by atoms with Crippen LogP contribution in [0.1, 0.15) is 16.8 Å². The molecule has 1 aromatic heterocycles. The minimum Gasteiger partial charge on any atom is -0.478 e. The lowest BCUT2D eigenvalue weighted by Crippen LogP contribution is -2.16. The average Bonchev–Trinajstić information content (AvgIpc) is 2.71. The van der Waals surface area contributed by atoms with Gasteiger partial charge < -0.3 is 14.6 Å². The van der Waals surface area contributed by atoms with Crippen molar-refractivity contribution in [3.63, 3.8) is 0 Å². The Kier molecular flexibility index (Phi) is 2.82. The third-order valence-electron chi connectivity index (χ3n) is 2.16. The number of rotatable bonds is 3. The highest BCUT2D eigenvalue weighted by Gasteiger charge is 2.18. The van der Waals surface area contributed by atoms with E-state index in [9.17, 15) is 4.79 Å².